The average Bonchev–Trinajstić information content (AvgIpc) is 2.81. The monoisotopic (exact) mass is 278 g/mol. The van der Waals surface area contributed by atoms with Gasteiger partial charge in [0.25, 0.3) is 0 Å². The Kier molecular flexibility index (Phi) is 4.01. The van der Waals surface area contributed by atoms with Crippen molar-refractivity contribution < 1.29 is 14.3 Å². The summed E-state index contributed by atoms with van der Waals surface area (Å²) < 4.78 is 10.3. The van der Waals surface area contributed by atoms with E-state index in [1.165, 1.54) is 18.4 Å². The number of ether oxygens (including phenoxy) is 2. The number of benzene rings is 1. The molecular formula is C13H14N2O3S. The second-order valence-corrected chi connectivity index (χ2v) is 4.86. The second kappa shape index (κ2) is 5.71. The molecule has 19 heavy (non-hydrogen) atoms. The summed E-state index contributed by atoms with van der Waals surface area (Å²) in [5.74, 6) is -0.0509. The first-order valence-corrected chi connectivity index (χ1v) is 6.49. The number of anilines is 1. The number of rotatable bonds is 4. The van der Waals surface area contributed by atoms with Gasteiger partial charge in [-0.25, -0.2) is 9.78 Å². The first-order chi connectivity index (χ1) is 9.10. The number of aromatic nitrogens is 1. The van der Waals surface area contributed by atoms with E-state index in [0.717, 1.165) is 10.7 Å². The van der Waals surface area contributed by atoms with Gasteiger partial charge in [0, 0.05) is 22.8 Å². The lowest BCUT2D eigenvalue weighted by atomic mass is 10.2. The third-order valence-electron chi connectivity index (χ3n) is 2.44. The summed E-state index contributed by atoms with van der Waals surface area (Å²) in [5.41, 5.74) is 7.43. The fourth-order valence-electron chi connectivity index (χ4n) is 1.55. The summed E-state index contributed by atoms with van der Waals surface area (Å²) >= 11 is 1.46. The van der Waals surface area contributed by atoms with Crippen molar-refractivity contribution in [2.24, 2.45) is 0 Å². The first-order valence-electron chi connectivity index (χ1n) is 5.62. The number of thiazole rings is 1. The molecule has 2 N–H and O–H groups in total. The zero-order valence-electron chi connectivity index (χ0n) is 10.7. The predicted molar refractivity (Wildman–Crippen MR) is 73.4 cm³/mol. The summed E-state index contributed by atoms with van der Waals surface area (Å²) in [5, 5.41) is 2.67. The Bertz CT molecular complexity index is 595. The highest BCUT2D eigenvalue weighted by Crippen LogP contribution is 2.22. The van der Waals surface area contributed by atoms with Gasteiger partial charge in [-0.15, -0.1) is 11.3 Å². The molecule has 0 saturated carbocycles. The summed E-state index contributed by atoms with van der Waals surface area (Å²) in [6.45, 7) is 2.05. The van der Waals surface area contributed by atoms with Gasteiger partial charge in [0.1, 0.15) is 22.9 Å². The summed E-state index contributed by atoms with van der Waals surface area (Å²) in [6.07, 6.45) is 0. The number of hydrogen-bond donors (Lipinski definition) is 1. The van der Waals surface area contributed by atoms with E-state index in [9.17, 15) is 4.79 Å². The van der Waals surface area contributed by atoms with Gasteiger partial charge in [-0.2, -0.15) is 0 Å². The molecule has 0 unspecified atom stereocenters. The zero-order valence-corrected chi connectivity index (χ0v) is 11.5. The second-order valence-electron chi connectivity index (χ2n) is 3.92. The van der Waals surface area contributed by atoms with Crippen LogP contribution < -0.4 is 10.5 Å². The molecule has 0 radical (unpaired) electrons. The Balaban J connectivity index is 2.07. The largest absolute Gasteiger partial charge is 0.496 e. The summed E-state index contributed by atoms with van der Waals surface area (Å²) in [4.78, 5) is 16.2. The van der Waals surface area contributed by atoms with Gasteiger partial charge in [-0.3, -0.25) is 0 Å². The normalized spacial score (nSPS) is 10.2. The average molecular weight is 278 g/mol. The summed E-state index contributed by atoms with van der Waals surface area (Å²) in [6, 6.07) is 4.81. The lowest BCUT2D eigenvalue weighted by molar-refractivity contribution is 0.0468. The molecule has 0 atom stereocenters. The minimum atomic E-state index is -0.454. The molecule has 0 aliphatic rings. The quantitative estimate of drug-likeness (QED) is 0.686. The third-order valence-corrected chi connectivity index (χ3v) is 3.38. The van der Waals surface area contributed by atoms with Gasteiger partial charge < -0.3 is 15.2 Å². The molecule has 0 bridgehead atoms. The van der Waals surface area contributed by atoms with Crippen LogP contribution in [0.25, 0.3) is 0 Å². The number of nitrogens with two attached hydrogens (primary N) is 1. The molecule has 2 aromatic rings. The standard InChI is InChI=1S/C13H14N2O3S/c1-8-7-19-12(15-8)6-18-13(16)10-4-3-9(14)5-11(10)17-2/h3-5,7H,6,14H2,1-2H3. The highest BCUT2D eigenvalue weighted by molar-refractivity contribution is 7.09. The van der Waals surface area contributed by atoms with Crippen LogP contribution in [0.15, 0.2) is 23.6 Å². The van der Waals surface area contributed by atoms with E-state index < -0.39 is 5.97 Å². The Morgan fingerprint density at radius 1 is 1.47 bits per heavy atom. The van der Waals surface area contributed by atoms with Crippen molar-refractivity contribution in [3.8, 4) is 5.75 Å². The van der Waals surface area contributed by atoms with Crippen molar-refractivity contribution in [2.45, 2.75) is 13.5 Å². The van der Waals surface area contributed by atoms with Crippen LogP contribution in [0.1, 0.15) is 21.1 Å². The molecule has 2 rings (SSSR count). The fourth-order valence-corrected chi connectivity index (χ4v) is 2.23. The van der Waals surface area contributed by atoms with Crippen LogP contribution in [0, 0.1) is 6.92 Å². The zero-order chi connectivity index (χ0) is 13.8. The van der Waals surface area contributed by atoms with E-state index in [2.05, 4.69) is 4.98 Å². The van der Waals surface area contributed by atoms with E-state index in [4.69, 9.17) is 15.2 Å². The van der Waals surface area contributed by atoms with Crippen LogP contribution in [0.2, 0.25) is 0 Å². The van der Waals surface area contributed by atoms with Gasteiger partial charge in [0.2, 0.25) is 0 Å². The lowest BCUT2D eigenvalue weighted by Crippen LogP contribution is -2.07. The summed E-state index contributed by atoms with van der Waals surface area (Å²) in [7, 11) is 1.48. The Morgan fingerprint density at radius 3 is 2.89 bits per heavy atom. The maximum atomic E-state index is 11.9. The van der Waals surface area contributed by atoms with Crippen molar-refractivity contribution >= 4 is 23.0 Å². The molecule has 0 aliphatic heterocycles. The van der Waals surface area contributed by atoms with Crippen molar-refractivity contribution in [3.05, 3.63) is 39.8 Å². The highest BCUT2D eigenvalue weighted by Gasteiger charge is 2.14. The molecule has 0 amide bonds. The minimum Gasteiger partial charge on any atom is -0.496 e. The molecule has 1 aromatic carbocycles. The number of carbonyl (C=O) groups excluding carboxylic acids is 1. The molecule has 1 heterocycles. The number of carbonyl (C=O) groups is 1. The molecule has 6 heteroatoms. The molecule has 1 aromatic heterocycles. The minimum absolute atomic E-state index is 0.158. The van der Waals surface area contributed by atoms with Gasteiger partial charge in [-0.1, -0.05) is 0 Å². The number of nitrogens with zero attached hydrogens (tertiary/aromatic N) is 1. The Hall–Kier alpha value is -2.08. The van der Waals surface area contributed by atoms with E-state index in [1.807, 2.05) is 12.3 Å². The van der Waals surface area contributed by atoms with E-state index in [1.54, 1.807) is 18.2 Å². The number of hydrogen-bond acceptors (Lipinski definition) is 6. The Labute approximate surface area is 115 Å². The number of esters is 1. The lowest BCUT2D eigenvalue weighted by Gasteiger charge is -2.08. The van der Waals surface area contributed by atoms with Crippen LogP contribution >= 0.6 is 11.3 Å². The Morgan fingerprint density at radius 2 is 2.26 bits per heavy atom. The van der Waals surface area contributed by atoms with Crippen LogP contribution in [0.4, 0.5) is 5.69 Å². The molecule has 0 aliphatic carbocycles. The van der Waals surface area contributed by atoms with Crippen molar-refractivity contribution in [3.63, 3.8) is 0 Å². The molecule has 0 fully saturated rings. The number of methoxy groups -OCH3 is 1. The van der Waals surface area contributed by atoms with Gasteiger partial charge in [0.05, 0.1) is 7.11 Å². The predicted octanol–water partition coefficient (Wildman–Crippen LogP) is 2.40. The molecule has 100 valence electrons. The number of aryl methyl sites for hydroxylation is 1. The van der Waals surface area contributed by atoms with Crippen molar-refractivity contribution in [1.29, 1.82) is 0 Å². The fraction of sp³-hybridized carbons (Fsp3) is 0.231. The highest BCUT2D eigenvalue weighted by atomic mass is 32.1. The maximum absolute atomic E-state index is 11.9. The van der Waals surface area contributed by atoms with E-state index in [-0.39, 0.29) is 6.61 Å². The molecule has 5 nitrogen and oxygen atoms in total. The van der Waals surface area contributed by atoms with E-state index in [0.29, 0.717) is 17.0 Å². The van der Waals surface area contributed by atoms with Gasteiger partial charge in [-0.05, 0) is 19.1 Å². The smallest absolute Gasteiger partial charge is 0.342 e. The number of nitrogen functional groups attached to an aromatic ring is 1. The molecular weight excluding hydrogens is 264 g/mol. The van der Waals surface area contributed by atoms with Crippen molar-refractivity contribution in [1.82, 2.24) is 4.98 Å². The van der Waals surface area contributed by atoms with Crippen LogP contribution in [0.3, 0.4) is 0 Å². The first kappa shape index (κ1) is 13.4. The van der Waals surface area contributed by atoms with Gasteiger partial charge in [0.15, 0.2) is 0 Å². The third kappa shape index (κ3) is 3.23. The maximum Gasteiger partial charge on any atom is 0.342 e. The SMILES string of the molecule is COc1cc(N)ccc1C(=O)OCc1nc(C)cs1. The topological polar surface area (TPSA) is 74.4 Å². The van der Waals surface area contributed by atoms with Crippen LogP contribution in [0.5, 0.6) is 5.75 Å². The molecule has 0 spiro atoms. The molecule has 0 saturated heterocycles. The van der Waals surface area contributed by atoms with Gasteiger partial charge >= 0.3 is 5.97 Å². The van der Waals surface area contributed by atoms with Crippen LogP contribution in [-0.2, 0) is 11.3 Å². The van der Waals surface area contributed by atoms with Crippen LogP contribution in [-0.4, -0.2) is 18.1 Å². The van der Waals surface area contributed by atoms with E-state index >= 15 is 0 Å². The van der Waals surface area contributed by atoms with Crippen molar-refractivity contribution in [2.75, 3.05) is 12.8 Å².